The molecule has 0 radical (unpaired) electrons. The number of amides is 2. The van der Waals surface area contributed by atoms with Crippen LogP contribution in [-0.4, -0.2) is 31.7 Å². The normalized spacial score (nSPS) is 13.8. The number of fused-ring (bicyclic) bond motifs is 2. The van der Waals surface area contributed by atoms with Gasteiger partial charge in [-0.3, -0.25) is 24.3 Å². The van der Waals surface area contributed by atoms with Crippen LogP contribution in [0.15, 0.2) is 35.3 Å². The molecule has 8 heteroatoms. The van der Waals surface area contributed by atoms with Crippen molar-refractivity contribution in [3.8, 4) is 0 Å². The molecule has 114 valence electrons. The first-order valence-electron chi connectivity index (χ1n) is 6.87. The third-order valence-electron chi connectivity index (χ3n) is 3.85. The number of H-pyrrole nitrogens is 2. The lowest BCUT2D eigenvalue weighted by Gasteiger charge is -2.12. The fraction of sp³-hybridized carbons (Fsp3) is 0.0667. The number of nitrogen functional groups attached to an aromatic ring is 1. The predicted molar refractivity (Wildman–Crippen MR) is 81.8 cm³/mol. The highest BCUT2D eigenvalue weighted by Crippen LogP contribution is 2.25. The molecule has 4 rings (SSSR count). The van der Waals surface area contributed by atoms with Crippen LogP contribution in [0.5, 0.6) is 0 Å². The Morgan fingerprint density at radius 1 is 1.09 bits per heavy atom. The summed E-state index contributed by atoms with van der Waals surface area (Å²) >= 11 is 0. The number of anilines is 1. The molecular weight excluding hydrogens is 298 g/mol. The molecule has 0 fully saturated rings. The summed E-state index contributed by atoms with van der Waals surface area (Å²) in [7, 11) is 0. The number of aromatic nitrogens is 3. The Labute approximate surface area is 128 Å². The molecule has 23 heavy (non-hydrogen) atoms. The van der Waals surface area contributed by atoms with Crippen LogP contribution in [0.4, 0.5) is 5.95 Å². The number of nitrogens with zero attached hydrogens (tertiary/aromatic N) is 2. The van der Waals surface area contributed by atoms with Gasteiger partial charge in [0.25, 0.3) is 17.4 Å². The van der Waals surface area contributed by atoms with Crippen molar-refractivity contribution in [1.29, 1.82) is 0 Å². The topological polar surface area (TPSA) is 125 Å². The quantitative estimate of drug-likeness (QED) is 0.599. The van der Waals surface area contributed by atoms with Gasteiger partial charge in [0.2, 0.25) is 5.95 Å². The lowest BCUT2D eigenvalue weighted by molar-refractivity contribution is 0.0643. The molecule has 0 saturated carbocycles. The van der Waals surface area contributed by atoms with Gasteiger partial charge in [-0.25, -0.2) is 0 Å². The second-order valence-corrected chi connectivity index (χ2v) is 5.23. The highest BCUT2D eigenvalue weighted by atomic mass is 16.2. The van der Waals surface area contributed by atoms with Gasteiger partial charge in [0.05, 0.1) is 23.1 Å². The van der Waals surface area contributed by atoms with Gasteiger partial charge in [0, 0.05) is 11.8 Å². The minimum Gasteiger partial charge on any atom is -0.369 e. The van der Waals surface area contributed by atoms with Crippen LogP contribution in [-0.2, 0) is 6.54 Å². The molecule has 2 amide bonds. The summed E-state index contributed by atoms with van der Waals surface area (Å²) in [6.07, 6.45) is 1.55. The second-order valence-electron chi connectivity index (χ2n) is 5.23. The molecule has 1 aliphatic heterocycles. The molecule has 2 aromatic heterocycles. The van der Waals surface area contributed by atoms with Gasteiger partial charge in [-0.2, -0.15) is 4.98 Å². The number of hydrogen-bond donors (Lipinski definition) is 3. The second kappa shape index (κ2) is 4.54. The number of carbonyl (C=O) groups excluding carboxylic acids is 2. The largest absolute Gasteiger partial charge is 0.369 e. The van der Waals surface area contributed by atoms with E-state index in [1.807, 2.05) is 0 Å². The smallest absolute Gasteiger partial charge is 0.262 e. The van der Waals surface area contributed by atoms with Crippen molar-refractivity contribution in [2.75, 3.05) is 5.73 Å². The summed E-state index contributed by atoms with van der Waals surface area (Å²) in [5.74, 6) is -0.754. The Kier molecular flexibility index (Phi) is 2.61. The summed E-state index contributed by atoms with van der Waals surface area (Å²) in [6, 6.07) is 6.63. The van der Waals surface area contributed by atoms with E-state index < -0.39 is 5.56 Å². The van der Waals surface area contributed by atoms with Crippen LogP contribution >= 0.6 is 0 Å². The van der Waals surface area contributed by atoms with Crippen LogP contribution in [0.1, 0.15) is 26.3 Å². The van der Waals surface area contributed by atoms with Crippen molar-refractivity contribution in [2.45, 2.75) is 6.54 Å². The maximum atomic E-state index is 12.4. The highest BCUT2D eigenvalue weighted by Gasteiger charge is 2.35. The van der Waals surface area contributed by atoms with E-state index in [1.165, 1.54) is 0 Å². The lowest BCUT2D eigenvalue weighted by atomic mass is 10.1. The van der Waals surface area contributed by atoms with Crippen molar-refractivity contribution in [3.05, 3.63) is 57.5 Å². The van der Waals surface area contributed by atoms with Gasteiger partial charge in [-0.05, 0) is 12.1 Å². The Hall–Kier alpha value is -3.42. The number of nitrogens with one attached hydrogen (secondary N) is 2. The molecule has 1 aliphatic rings. The van der Waals surface area contributed by atoms with Crippen LogP contribution < -0.4 is 11.3 Å². The van der Waals surface area contributed by atoms with E-state index >= 15 is 0 Å². The lowest BCUT2D eigenvalue weighted by Crippen LogP contribution is -2.29. The molecule has 0 saturated heterocycles. The molecule has 1 aromatic carbocycles. The number of aromatic amines is 2. The molecule has 0 bridgehead atoms. The van der Waals surface area contributed by atoms with E-state index in [-0.39, 0.29) is 29.7 Å². The zero-order valence-electron chi connectivity index (χ0n) is 11.8. The van der Waals surface area contributed by atoms with Crippen molar-refractivity contribution in [2.24, 2.45) is 0 Å². The number of imide groups is 1. The molecule has 4 N–H and O–H groups in total. The van der Waals surface area contributed by atoms with E-state index in [4.69, 9.17) is 5.73 Å². The Morgan fingerprint density at radius 3 is 2.39 bits per heavy atom. The Morgan fingerprint density at radius 2 is 1.74 bits per heavy atom. The first kappa shape index (κ1) is 13.3. The molecule has 3 heterocycles. The van der Waals surface area contributed by atoms with Gasteiger partial charge >= 0.3 is 0 Å². The number of benzene rings is 1. The van der Waals surface area contributed by atoms with Crippen LogP contribution in [0, 0.1) is 0 Å². The molecular formula is C15H11N5O3. The Bertz CT molecular complexity index is 998. The number of nitrogens with two attached hydrogens (primary N) is 1. The van der Waals surface area contributed by atoms with Gasteiger partial charge in [-0.15, -0.1) is 0 Å². The molecule has 0 aliphatic carbocycles. The summed E-state index contributed by atoms with van der Waals surface area (Å²) in [5, 5.41) is 0.288. The van der Waals surface area contributed by atoms with Crippen molar-refractivity contribution in [3.63, 3.8) is 0 Å². The molecule has 3 aromatic rings. The molecule has 0 spiro atoms. The van der Waals surface area contributed by atoms with Crippen LogP contribution in [0.25, 0.3) is 11.0 Å². The predicted octanol–water partition coefficient (Wildman–Crippen LogP) is 0.630. The minimum absolute atomic E-state index is 0.00312. The number of hydrogen-bond acceptors (Lipinski definition) is 5. The summed E-state index contributed by atoms with van der Waals surface area (Å²) in [5.41, 5.74) is 6.64. The van der Waals surface area contributed by atoms with E-state index in [2.05, 4.69) is 15.0 Å². The van der Waals surface area contributed by atoms with Crippen molar-refractivity contribution in [1.82, 2.24) is 19.9 Å². The average Bonchev–Trinajstić information content (AvgIpc) is 3.03. The first-order chi connectivity index (χ1) is 11.1. The van der Waals surface area contributed by atoms with E-state index in [0.29, 0.717) is 22.3 Å². The maximum Gasteiger partial charge on any atom is 0.262 e. The zero-order chi connectivity index (χ0) is 16.1. The molecule has 8 nitrogen and oxygen atoms in total. The van der Waals surface area contributed by atoms with Gasteiger partial charge in [0.15, 0.2) is 0 Å². The Balaban J connectivity index is 1.77. The third kappa shape index (κ3) is 1.85. The van der Waals surface area contributed by atoms with Crippen molar-refractivity contribution >= 4 is 28.8 Å². The van der Waals surface area contributed by atoms with Gasteiger partial charge in [-0.1, -0.05) is 12.1 Å². The standard InChI is InChI=1S/C15H11N5O3/c16-15-18-11-10(12(21)19-15)7(5-17-11)6-20-13(22)8-3-1-2-4-9(8)14(20)23/h1-5H,6H2,(H4,16,17,18,19,21). The number of rotatable bonds is 2. The number of carbonyl (C=O) groups is 2. The SMILES string of the molecule is Nc1nc2[nH]cc(CN3C(=O)c4ccccc4C3=O)c2c(=O)[nH]1. The monoisotopic (exact) mass is 309 g/mol. The minimum atomic E-state index is -0.416. The summed E-state index contributed by atoms with van der Waals surface area (Å²) in [6.45, 7) is -0.0129. The van der Waals surface area contributed by atoms with Crippen molar-refractivity contribution < 1.29 is 9.59 Å². The summed E-state index contributed by atoms with van der Waals surface area (Å²) < 4.78 is 0. The highest BCUT2D eigenvalue weighted by molar-refractivity contribution is 6.21. The molecule has 0 unspecified atom stereocenters. The maximum absolute atomic E-state index is 12.4. The fourth-order valence-corrected chi connectivity index (χ4v) is 2.80. The molecule has 0 atom stereocenters. The third-order valence-corrected chi connectivity index (χ3v) is 3.85. The summed E-state index contributed by atoms with van der Waals surface area (Å²) in [4.78, 5) is 47.2. The first-order valence-corrected chi connectivity index (χ1v) is 6.87. The van der Waals surface area contributed by atoms with E-state index in [9.17, 15) is 14.4 Å². The van der Waals surface area contributed by atoms with Gasteiger partial charge in [0.1, 0.15) is 5.65 Å². The van der Waals surface area contributed by atoms with E-state index in [0.717, 1.165) is 4.90 Å². The fourth-order valence-electron chi connectivity index (χ4n) is 2.80. The zero-order valence-corrected chi connectivity index (χ0v) is 11.8. The van der Waals surface area contributed by atoms with E-state index in [1.54, 1.807) is 30.5 Å². The van der Waals surface area contributed by atoms with Crippen LogP contribution in [0.3, 0.4) is 0 Å². The van der Waals surface area contributed by atoms with Gasteiger partial charge < -0.3 is 10.7 Å². The van der Waals surface area contributed by atoms with Crippen LogP contribution in [0.2, 0.25) is 0 Å². The average molecular weight is 309 g/mol.